The van der Waals surface area contributed by atoms with Crippen LogP contribution in [0.15, 0.2) is 42.6 Å². The highest BCUT2D eigenvalue weighted by Crippen LogP contribution is 2.17. The zero-order chi connectivity index (χ0) is 18.4. The first kappa shape index (κ1) is 18.9. The van der Waals surface area contributed by atoms with Gasteiger partial charge in [-0.2, -0.15) is 0 Å². The van der Waals surface area contributed by atoms with Crippen LogP contribution in [-0.4, -0.2) is 47.7 Å². The molecule has 0 saturated carbocycles. The molecule has 0 aliphatic carbocycles. The molecule has 0 amide bonds. The van der Waals surface area contributed by atoms with Crippen LogP contribution >= 0.6 is 0 Å². The van der Waals surface area contributed by atoms with Crippen molar-refractivity contribution in [1.82, 2.24) is 9.88 Å². The lowest BCUT2D eigenvalue weighted by atomic mass is 10.1. The Morgan fingerprint density at radius 3 is 2.19 bits per heavy atom. The fourth-order valence-corrected chi connectivity index (χ4v) is 3.45. The summed E-state index contributed by atoms with van der Waals surface area (Å²) in [6.07, 6.45) is 3.94. The molecule has 1 fully saturated rings. The molecule has 1 radical (unpaired) electrons. The Morgan fingerprint density at radius 2 is 1.62 bits per heavy atom. The molecule has 1 N–H and O–H groups in total. The quantitative estimate of drug-likeness (QED) is 0.831. The minimum absolute atomic E-state index is 0.105. The monoisotopic (exact) mass is 352 g/mol. The van der Waals surface area contributed by atoms with Crippen LogP contribution in [0.2, 0.25) is 0 Å². The zero-order valence-corrected chi connectivity index (χ0v) is 16.0. The van der Waals surface area contributed by atoms with Gasteiger partial charge in [-0.3, -0.25) is 9.88 Å². The molecule has 2 heterocycles. The van der Waals surface area contributed by atoms with Crippen LogP contribution in [0.1, 0.15) is 30.7 Å². The topological polar surface area (TPSA) is 39.6 Å². The van der Waals surface area contributed by atoms with E-state index in [0.29, 0.717) is 0 Å². The smallest absolute Gasteiger partial charge is 0.0681 e. The van der Waals surface area contributed by atoms with Gasteiger partial charge in [0.25, 0.3) is 0 Å². The molecule has 4 heteroatoms. The molecule has 1 aliphatic heterocycles. The number of aromatic nitrogens is 1. The van der Waals surface area contributed by atoms with E-state index >= 15 is 0 Å². The van der Waals surface area contributed by atoms with Crippen molar-refractivity contribution < 1.29 is 5.11 Å². The fraction of sp³-hybridized carbons (Fsp3) is 0.455. The number of rotatable bonds is 7. The van der Waals surface area contributed by atoms with Gasteiger partial charge in [-0.25, -0.2) is 0 Å². The Kier molecular flexibility index (Phi) is 6.64. The lowest BCUT2D eigenvalue weighted by Gasteiger charge is -2.36. The standard InChI is InChI=1S/C22H30N3O/c1-18(2)16-24-11-13-25(14-12-24)22-10-9-21(23-15-22)8-7-19-3-5-20(17-26)6-4-19/h3-6,9-10,15,26H,7-8,11-14,16-17H2,1-2H3. The summed E-state index contributed by atoms with van der Waals surface area (Å²) in [5, 5.41) is 9.11. The van der Waals surface area contributed by atoms with Gasteiger partial charge in [0.05, 0.1) is 18.5 Å². The van der Waals surface area contributed by atoms with E-state index in [4.69, 9.17) is 5.11 Å². The number of aliphatic hydroxyl groups excluding tert-OH is 1. The summed E-state index contributed by atoms with van der Waals surface area (Å²) in [6.45, 7) is 10.0. The molecule has 1 aliphatic rings. The van der Waals surface area contributed by atoms with E-state index < -0.39 is 0 Å². The molecule has 26 heavy (non-hydrogen) atoms. The average Bonchev–Trinajstić information content (AvgIpc) is 2.67. The van der Waals surface area contributed by atoms with Gasteiger partial charge >= 0.3 is 0 Å². The van der Waals surface area contributed by atoms with Crippen LogP contribution in [0.4, 0.5) is 5.69 Å². The number of piperazine rings is 1. The van der Waals surface area contributed by atoms with Crippen LogP contribution in [0.5, 0.6) is 0 Å². The van der Waals surface area contributed by atoms with E-state index in [9.17, 15) is 0 Å². The lowest BCUT2D eigenvalue weighted by Crippen LogP contribution is -2.47. The third-order valence-electron chi connectivity index (χ3n) is 4.96. The van der Waals surface area contributed by atoms with Crippen molar-refractivity contribution in [3.05, 3.63) is 65.3 Å². The van der Waals surface area contributed by atoms with E-state index in [-0.39, 0.29) is 6.61 Å². The van der Waals surface area contributed by atoms with Crippen LogP contribution in [0, 0.1) is 5.92 Å². The SMILES string of the molecule is C[C](C)CN1CCN(c2ccc(CCc3ccc(CO)cc3)nc2)CC1. The highest BCUT2D eigenvalue weighted by atomic mass is 16.3. The van der Waals surface area contributed by atoms with Crippen LogP contribution < -0.4 is 4.90 Å². The molecule has 4 nitrogen and oxygen atoms in total. The van der Waals surface area contributed by atoms with Crippen LogP contribution in [0.25, 0.3) is 0 Å². The van der Waals surface area contributed by atoms with Gasteiger partial charge in [-0.05, 0) is 42.0 Å². The van der Waals surface area contributed by atoms with E-state index in [1.165, 1.54) is 17.2 Å². The number of hydrogen-bond donors (Lipinski definition) is 1. The maximum atomic E-state index is 9.11. The molecule has 3 rings (SSSR count). The number of anilines is 1. The van der Waals surface area contributed by atoms with Gasteiger partial charge in [-0.15, -0.1) is 0 Å². The number of benzene rings is 1. The third kappa shape index (κ3) is 5.29. The normalized spacial score (nSPS) is 15.6. The lowest BCUT2D eigenvalue weighted by molar-refractivity contribution is 0.267. The largest absolute Gasteiger partial charge is 0.392 e. The van der Waals surface area contributed by atoms with Gasteiger partial charge in [-0.1, -0.05) is 38.1 Å². The number of aliphatic hydroxyl groups is 1. The van der Waals surface area contributed by atoms with Gasteiger partial charge in [0.2, 0.25) is 0 Å². The van der Waals surface area contributed by atoms with Gasteiger partial charge < -0.3 is 10.0 Å². The Labute approximate surface area is 157 Å². The van der Waals surface area contributed by atoms with Crippen LogP contribution in [-0.2, 0) is 19.4 Å². The number of aryl methyl sites for hydroxylation is 2. The second kappa shape index (κ2) is 9.15. The second-order valence-electron chi connectivity index (χ2n) is 7.45. The van der Waals surface area contributed by atoms with E-state index in [1.54, 1.807) is 0 Å². The molecular weight excluding hydrogens is 322 g/mol. The predicted molar refractivity (Wildman–Crippen MR) is 107 cm³/mol. The molecule has 1 aromatic heterocycles. The van der Waals surface area contributed by atoms with Gasteiger partial charge in [0.1, 0.15) is 0 Å². The Balaban J connectivity index is 1.49. The van der Waals surface area contributed by atoms with Crippen molar-refractivity contribution in [3.63, 3.8) is 0 Å². The van der Waals surface area contributed by atoms with Crippen molar-refractivity contribution in [2.24, 2.45) is 0 Å². The number of pyridine rings is 1. The first-order valence-corrected chi connectivity index (χ1v) is 9.54. The Hall–Kier alpha value is -1.91. The third-order valence-corrected chi connectivity index (χ3v) is 4.96. The summed E-state index contributed by atoms with van der Waals surface area (Å²) in [5.74, 6) is 1.48. The summed E-state index contributed by atoms with van der Waals surface area (Å²) >= 11 is 0. The summed E-state index contributed by atoms with van der Waals surface area (Å²) in [4.78, 5) is 9.63. The predicted octanol–water partition coefficient (Wildman–Crippen LogP) is 3.10. The Morgan fingerprint density at radius 1 is 0.923 bits per heavy atom. The fourth-order valence-electron chi connectivity index (χ4n) is 3.45. The molecule has 1 saturated heterocycles. The average molecular weight is 353 g/mol. The molecule has 1 aromatic carbocycles. The van der Waals surface area contributed by atoms with Crippen molar-refractivity contribution >= 4 is 5.69 Å². The van der Waals surface area contributed by atoms with Crippen molar-refractivity contribution in [2.75, 3.05) is 37.6 Å². The number of nitrogens with zero attached hydrogens (tertiary/aromatic N) is 3. The molecule has 0 atom stereocenters. The van der Waals surface area contributed by atoms with Crippen LogP contribution in [0.3, 0.4) is 0 Å². The highest BCUT2D eigenvalue weighted by Gasteiger charge is 2.18. The summed E-state index contributed by atoms with van der Waals surface area (Å²) < 4.78 is 0. The van der Waals surface area contributed by atoms with E-state index in [0.717, 1.165) is 56.8 Å². The van der Waals surface area contributed by atoms with Crippen molar-refractivity contribution in [3.8, 4) is 0 Å². The van der Waals surface area contributed by atoms with Crippen molar-refractivity contribution in [2.45, 2.75) is 33.3 Å². The molecule has 0 unspecified atom stereocenters. The minimum atomic E-state index is 0.105. The van der Waals surface area contributed by atoms with E-state index in [2.05, 4.69) is 52.9 Å². The van der Waals surface area contributed by atoms with Gasteiger partial charge in [0.15, 0.2) is 0 Å². The van der Waals surface area contributed by atoms with Gasteiger partial charge in [0, 0.05) is 38.4 Å². The zero-order valence-electron chi connectivity index (χ0n) is 16.0. The minimum Gasteiger partial charge on any atom is -0.392 e. The first-order valence-electron chi connectivity index (χ1n) is 9.54. The summed E-state index contributed by atoms with van der Waals surface area (Å²) in [7, 11) is 0. The maximum Gasteiger partial charge on any atom is 0.0681 e. The maximum absolute atomic E-state index is 9.11. The van der Waals surface area contributed by atoms with E-state index in [1.807, 2.05) is 18.3 Å². The molecular formula is C22H30N3O. The molecule has 139 valence electrons. The second-order valence-corrected chi connectivity index (χ2v) is 7.45. The number of hydrogen-bond acceptors (Lipinski definition) is 4. The Bertz CT molecular complexity index is 659. The van der Waals surface area contributed by atoms with Crippen molar-refractivity contribution in [1.29, 1.82) is 0 Å². The highest BCUT2D eigenvalue weighted by molar-refractivity contribution is 5.45. The summed E-state index contributed by atoms with van der Waals surface area (Å²) in [5.41, 5.74) is 4.61. The first-order chi connectivity index (χ1) is 12.6. The molecule has 2 aromatic rings. The molecule has 0 spiro atoms. The molecule has 0 bridgehead atoms. The summed E-state index contributed by atoms with van der Waals surface area (Å²) in [6, 6.07) is 12.5.